The number of aliphatic hydroxyl groups excluding tert-OH is 1. The van der Waals surface area contributed by atoms with E-state index in [4.69, 9.17) is 15.1 Å². The lowest BCUT2D eigenvalue weighted by atomic mass is 10.2. The summed E-state index contributed by atoms with van der Waals surface area (Å²) in [6, 6.07) is 1.43. The molecule has 1 amide bonds. The second kappa shape index (κ2) is 7.04. The van der Waals surface area contributed by atoms with Crippen molar-refractivity contribution in [2.45, 2.75) is 32.4 Å². The smallest absolute Gasteiger partial charge is 0.407 e. The summed E-state index contributed by atoms with van der Waals surface area (Å²) in [5.41, 5.74) is -0.551. The molecule has 1 unspecified atom stereocenters. The third kappa shape index (κ3) is 8.03. The molecule has 0 aromatic heterocycles. The maximum absolute atomic E-state index is 11.2. The van der Waals surface area contributed by atoms with Gasteiger partial charge in [-0.15, -0.1) is 0 Å². The van der Waals surface area contributed by atoms with Gasteiger partial charge in [-0.2, -0.15) is 5.26 Å². The van der Waals surface area contributed by atoms with Gasteiger partial charge in [0.1, 0.15) is 11.6 Å². The van der Waals surface area contributed by atoms with Gasteiger partial charge >= 0.3 is 6.09 Å². The van der Waals surface area contributed by atoms with Crippen molar-refractivity contribution >= 4 is 6.09 Å². The van der Waals surface area contributed by atoms with Crippen LogP contribution in [0.25, 0.3) is 0 Å². The summed E-state index contributed by atoms with van der Waals surface area (Å²) in [6.07, 6.45) is -0.557. The minimum atomic E-state index is -0.557. The van der Waals surface area contributed by atoms with Crippen LogP contribution >= 0.6 is 0 Å². The number of aliphatic hydroxyl groups is 1. The van der Waals surface area contributed by atoms with E-state index >= 15 is 0 Å². The first-order valence-corrected chi connectivity index (χ1v) is 5.09. The van der Waals surface area contributed by atoms with Gasteiger partial charge in [-0.25, -0.2) is 4.79 Å². The number of hydrogen-bond acceptors (Lipinski definition) is 5. The van der Waals surface area contributed by atoms with Crippen LogP contribution in [0.2, 0.25) is 0 Å². The molecule has 0 aliphatic heterocycles. The van der Waals surface area contributed by atoms with Gasteiger partial charge in [0, 0.05) is 13.1 Å². The molecule has 0 saturated carbocycles. The zero-order valence-electron chi connectivity index (χ0n) is 9.91. The number of nitriles is 1. The molecule has 3 N–H and O–H groups in total. The maximum Gasteiger partial charge on any atom is 0.407 e. The number of amides is 1. The molecule has 0 spiro atoms. The molecular weight excluding hydrogens is 210 g/mol. The zero-order valence-corrected chi connectivity index (χ0v) is 9.91. The Morgan fingerprint density at radius 2 is 2.19 bits per heavy atom. The van der Waals surface area contributed by atoms with Crippen LogP contribution in [0.15, 0.2) is 0 Å². The van der Waals surface area contributed by atoms with Crippen molar-refractivity contribution in [1.29, 1.82) is 5.26 Å². The van der Waals surface area contributed by atoms with Gasteiger partial charge in [-0.05, 0) is 20.8 Å². The molecule has 0 aliphatic rings. The number of hydrogen-bond donors (Lipinski definition) is 3. The Morgan fingerprint density at radius 1 is 1.56 bits per heavy atom. The second-order valence-corrected chi connectivity index (χ2v) is 4.24. The van der Waals surface area contributed by atoms with Gasteiger partial charge in [0.05, 0.1) is 12.7 Å². The van der Waals surface area contributed by atoms with Gasteiger partial charge in [-0.1, -0.05) is 0 Å². The van der Waals surface area contributed by atoms with Crippen molar-refractivity contribution in [2.24, 2.45) is 0 Å². The predicted molar refractivity (Wildman–Crippen MR) is 58.7 cm³/mol. The number of rotatable bonds is 5. The third-order valence-corrected chi connectivity index (χ3v) is 1.51. The van der Waals surface area contributed by atoms with E-state index in [1.54, 1.807) is 20.8 Å². The van der Waals surface area contributed by atoms with Gasteiger partial charge in [0.25, 0.3) is 0 Å². The number of ether oxygens (including phenoxy) is 1. The Labute approximate surface area is 95.6 Å². The number of carbonyl (C=O) groups is 1. The third-order valence-electron chi connectivity index (χ3n) is 1.51. The lowest BCUT2D eigenvalue weighted by Crippen LogP contribution is -2.42. The number of carbonyl (C=O) groups excluding carboxylic acids is 1. The Bertz CT molecular complexity index is 255. The van der Waals surface area contributed by atoms with Crippen LogP contribution in [-0.4, -0.2) is 42.5 Å². The monoisotopic (exact) mass is 229 g/mol. The van der Waals surface area contributed by atoms with Gasteiger partial charge < -0.3 is 15.2 Å². The highest BCUT2D eigenvalue weighted by Gasteiger charge is 2.16. The predicted octanol–water partition coefficient (Wildman–Crippen LogP) is -0.0148. The Morgan fingerprint density at radius 3 is 2.62 bits per heavy atom. The van der Waals surface area contributed by atoms with E-state index in [-0.39, 0.29) is 13.2 Å². The summed E-state index contributed by atoms with van der Waals surface area (Å²) < 4.78 is 5.00. The van der Waals surface area contributed by atoms with Gasteiger partial charge in [0.15, 0.2) is 0 Å². The molecule has 0 bridgehead atoms. The molecule has 0 aliphatic carbocycles. The topological polar surface area (TPSA) is 94.4 Å². The molecule has 0 saturated heterocycles. The van der Waals surface area contributed by atoms with Crippen LogP contribution in [0.5, 0.6) is 0 Å². The minimum absolute atomic E-state index is 0.0510. The fraction of sp³-hybridized carbons (Fsp3) is 0.800. The summed E-state index contributed by atoms with van der Waals surface area (Å²) >= 11 is 0. The second-order valence-electron chi connectivity index (χ2n) is 4.24. The molecule has 0 fully saturated rings. The molecule has 0 aromatic carbocycles. The van der Waals surface area contributed by atoms with Crippen molar-refractivity contribution in [3.05, 3.63) is 0 Å². The number of nitrogens with one attached hydrogen (secondary N) is 2. The van der Waals surface area contributed by atoms with Crippen molar-refractivity contribution in [2.75, 3.05) is 19.7 Å². The van der Waals surface area contributed by atoms with Crippen molar-refractivity contribution in [3.63, 3.8) is 0 Å². The van der Waals surface area contributed by atoms with Crippen LogP contribution in [0, 0.1) is 11.3 Å². The molecule has 92 valence electrons. The molecule has 0 aromatic rings. The Kier molecular flexibility index (Phi) is 6.46. The van der Waals surface area contributed by atoms with E-state index in [1.807, 2.05) is 6.07 Å². The summed E-state index contributed by atoms with van der Waals surface area (Å²) in [4.78, 5) is 11.2. The van der Waals surface area contributed by atoms with Crippen molar-refractivity contribution in [3.8, 4) is 6.07 Å². The van der Waals surface area contributed by atoms with Gasteiger partial charge in [0.2, 0.25) is 0 Å². The fourth-order valence-electron chi connectivity index (χ4n) is 0.902. The molecule has 1 atom stereocenters. The van der Waals surface area contributed by atoms with E-state index in [9.17, 15) is 4.79 Å². The van der Waals surface area contributed by atoms with Crippen LogP contribution in [-0.2, 0) is 4.74 Å². The van der Waals surface area contributed by atoms with E-state index < -0.39 is 17.7 Å². The summed E-state index contributed by atoms with van der Waals surface area (Å²) in [5, 5.41) is 22.5. The Hall–Kier alpha value is -1.32. The first kappa shape index (κ1) is 14.7. The van der Waals surface area contributed by atoms with Crippen molar-refractivity contribution < 1.29 is 14.6 Å². The normalized spacial score (nSPS) is 12.7. The standard InChI is InChI=1S/C10H19N3O3/c1-10(2,3)16-9(15)13-7-8(6-11)12-4-5-14/h8,12,14H,4-5,7H2,1-3H3,(H,13,15). The largest absolute Gasteiger partial charge is 0.444 e. The first-order valence-electron chi connectivity index (χ1n) is 5.09. The van der Waals surface area contributed by atoms with Crippen LogP contribution in [0.3, 0.4) is 0 Å². The number of nitrogens with zero attached hydrogens (tertiary/aromatic N) is 1. The highest BCUT2D eigenvalue weighted by atomic mass is 16.6. The van der Waals surface area contributed by atoms with E-state index in [1.165, 1.54) is 0 Å². The molecule has 0 radical (unpaired) electrons. The molecule has 6 nitrogen and oxygen atoms in total. The van der Waals surface area contributed by atoms with E-state index in [0.717, 1.165) is 0 Å². The van der Waals surface area contributed by atoms with Crippen LogP contribution < -0.4 is 10.6 Å². The zero-order chi connectivity index (χ0) is 12.6. The molecular formula is C10H19N3O3. The lowest BCUT2D eigenvalue weighted by Gasteiger charge is -2.20. The number of alkyl carbamates (subject to hydrolysis) is 1. The van der Waals surface area contributed by atoms with Crippen LogP contribution in [0.4, 0.5) is 4.79 Å². The van der Waals surface area contributed by atoms with E-state index in [2.05, 4.69) is 10.6 Å². The van der Waals surface area contributed by atoms with Gasteiger partial charge in [-0.3, -0.25) is 5.32 Å². The van der Waals surface area contributed by atoms with Crippen LogP contribution in [0.1, 0.15) is 20.8 Å². The minimum Gasteiger partial charge on any atom is -0.444 e. The fourth-order valence-corrected chi connectivity index (χ4v) is 0.902. The molecule has 16 heavy (non-hydrogen) atoms. The van der Waals surface area contributed by atoms with Crippen molar-refractivity contribution in [1.82, 2.24) is 10.6 Å². The molecule has 0 rings (SSSR count). The average Bonchev–Trinajstić information content (AvgIpc) is 2.15. The molecule has 0 heterocycles. The maximum atomic E-state index is 11.2. The highest BCUT2D eigenvalue weighted by molar-refractivity contribution is 5.67. The SMILES string of the molecule is CC(C)(C)OC(=O)NCC(C#N)NCCO. The first-order chi connectivity index (χ1) is 7.39. The average molecular weight is 229 g/mol. The van der Waals surface area contributed by atoms with E-state index in [0.29, 0.717) is 6.54 Å². The Balaban J connectivity index is 3.85. The summed E-state index contributed by atoms with van der Waals surface area (Å²) in [5.74, 6) is 0. The quantitative estimate of drug-likeness (QED) is 0.616. The summed E-state index contributed by atoms with van der Waals surface area (Å²) in [6.45, 7) is 5.69. The highest BCUT2D eigenvalue weighted by Crippen LogP contribution is 2.06. The molecule has 6 heteroatoms. The summed E-state index contributed by atoms with van der Waals surface area (Å²) in [7, 11) is 0. The lowest BCUT2D eigenvalue weighted by molar-refractivity contribution is 0.0525.